The first kappa shape index (κ1) is 71.1. The molecule has 0 bridgehead atoms. The summed E-state index contributed by atoms with van der Waals surface area (Å²) in [4.78, 5) is 71.1. The van der Waals surface area contributed by atoms with Gasteiger partial charge in [0, 0.05) is 25.7 Å². The summed E-state index contributed by atoms with van der Waals surface area (Å²) in [5, 5.41) is 10.4. The topological polar surface area (TPSA) is 237 Å². The third-order valence-corrected chi connectivity index (χ3v) is 14.3. The number of carbonyl (C=O) groups is 4. The van der Waals surface area contributed by atoms with Crippen LogP contribution < -0.4 is 0 Å². The molecule has 0 aromatic carbocycles. The van der Waals surface area contributed by atoms with E-state index in [9.17, 15) is 43.2 Å². The molecule has 0 spiro atoms. The molecule has 5 atom stereocenters. The number of unbranched alkanes of at least 4 members (excludes halogenated alkanes) is 29. The van der Waals surface area contributed by atoms with Crippen LogP contribution >= 0.6 is 15.6 Å². The Morgan fingerprint density at radius 3 is 0.808 bits per heavy atom. The molecule has 0 amide bonds. The van der Waals surface area contributed by atoms with Gasteiger partial charge in [-0.25, -0.2) is 9.13 Å². The summed E-state index contributed by atoms with van der Waals surface area (Å²) in [6.07, 6.45) is 31.5. The first-order valence-electron chi connectivity index (χ1n) is 28.8. The molecule has 0 heterocycles. The van der Waals surface area contributed by atoms with E-state index in [1.807, 2.05) is 0 Å². The molecule has 432 valence electrons. The molecule has 0 aliphatic carbocycles. The van der Waals surface area contributed by atoms with E-state index in [1.54, 1.807) is 0 Å². The van der Waals surface area contributed by atoms with Crippen molar-refractivity contribution in [1.29, 1.82) is 0 Å². The van der Waals surface area contributed by atoms with Crippen molar-refractivity contribution in [3.8, 4) is 0 Å². The molecule has 19 heteroatoms. The highest BCUT2D eigenvalue weighted by atomic mass is 31.2. The molecule has 0 rings (SSSR count). The molecule has 3 N–H and O–H groups in total. The fraction of sp³-hybridized carbons (Fsp3) is 0.926. The predicted octanol–water partition coefficient (Wildman–Crippen LogP) is 14.0. The van der Waals surface area contributed by atoms with E-state index in [0.29, 0.717) is 25.7 Å². The Balaban J connectivity index is 5.09. The van der Waals surface area contributed by atoms with Gasteiger partial charge in [-0.1, -0.05) is 214 Å². The summed E-state index contributed by atoms with van der Waals surface area (Å²) in [6, 6.07) is 0. The van der Waals surface area contributed by atoms with Gasteiger partial charge < -0.3 is 33.8 Å². The SMILES string of the molecule is CCCCCCCCCCCCCCCCCC(=O)O[C@H](COC(=O)CCCCCCCCCC)COP(=O)(O)OC[C@@H](O)COP(=O)(O)OC[C@@H](COC(=O)CCCCCCC)OC(=O)CCCCCCC. The molecule has 0 aromatic rings. The third kappa shape index (κ3) is 49.4. The van der Waals surface area contributed by atoms with Gasteiger partial charge in [-0.05, 0) is 25.7 Å². The van der Waals surface area contributed by atoms with Gasteiger partial charge in [-0.2, -0.15) is 0 Å². The maximum Gasteiger partial charge on any atom is 0.472 e. The number of hydrogen-bond donors (Lipinski definition) is 3. The Morgan fingerprint density at radius 2 is 0.548 bits per heavy atom. The average Bonchev–Trinajstić information content (AvgIpc) is 3.36. The second-order valence-electron chi connectivity index (χ2n) is 19.6. The molecule has 0 radical (unpaired) electrons. The van der Waals surface area contributed by atoms with Crippen LogP contribution in [0.1, 0.15) is 265 Å². The van der Waals surface area contributed by atoms with Crippen molar-refractivity contribution in [3.63, 3.8) is 0 Å². The number of rotatable bonds is 55. The van der Waals surface area contributed by atoms with Crippen LogP contribution in [0.15, 0.2) is 0 Å². The summed E-state index contributed by atoms with van der Waals surface area (Å²) in [7, 11) is -9.84. The lowest BCUT2D eigenvalue weighted by molar-refractivity contribution is -0.161. The Kier molecular flexibility index (Phi) is 48.3. The fourth-order valence-electron chi connectivity index (χ4n) is 7.87. The molecule has 0 aliphatic heterocycles. The summed E-state index contributed by atoms with van der Waals surface area (Å²) in [6.45, 7) is 4.61. The number of phosphoric acid groups is 2. The third-order valence-electron chi connectivity index (χ3n) is 12.4. The smallest absolute Gasteiger partial charge is 0.462 e. The van der Waals surface area contributed by atoms with Crippen molar-refractivity contribution in [2.75, 3.05) is 39.6 Å². The number of aliphatic hydroxyl groups is 1. The van der Waals surface area contributed by atoms with Gasteiger partial charge in [0.15, 0.2) is 12.2 Å². The summed E-state index contributed by atoms with van der Waals surface area (Å²) >= 11 is 0. The maximum atomic E-state index is 12.9. The average molecular weight is 1090 g/mol. The first-order chi connectivity index (χ1) is 35.2. The number of esters is 4. The minimum Gasteiger partial charge on any atom is -0.462 e. The van der Waals surface area contributed by atoms with Crippen LogP contribution in [0.4, 0.5) is 0 Å². The predicted molar refractivity (Wildman–Crippen MR) is 285 cm³/mol. The molecule has 0 aromatic heterocycles. The van der Waals surface area contributed by atoms with Crippen molar-refractivity contribution < 1.29 is 80.2 Å². The van der Waals surface area contributed by atoms with E-state index in [1.165, 1.54) is 83.5 Å². The highest BCUT2D eigenvalue weighted by Gasteiger charge is 2.30. The Bertz CT molecular complexity index is 1440. The second kappa shape index (κ2) is 49.6. The van der Waals surface area contributed by atoms with Crippen molar-refractivity contribution in [2.24, 2.45) is 0 Å². The first-order valence-corrected chi connectivity index (χ1v) is 31.8. The van der Waals surface area contributed by atoms with E-state index in [-0.39, 0.29) is 25.7 Å². The quantitative estimate of drug-likeness (QED) is 0.0222. The maximum absolute atomic E-state index is 12.9. The highest BCUT2D eigenvalue weighted by Crippen LogP contribution is 2.45. The molecule has 17 nitrogen and oxygen atoms in total. The largest absolute Gasteiger partial charge is 0.472 e. The van der Waals surface area contributed by atoms with Crippen molar-refractivity contribution in [1.82, 2.24) is 0 Å². The summed E-state index contributed by atoms with van der Waals surface area (Å²) in [5.74, 6) is -2.17. The van der Waals surface area contributed by atoms with E-state index < -0.39 is 97.5 Å². The zero-order chi connectivity index (χ0) is 54.1. The molecule has 0 fully saturated rings. The summed E-state index contributed by atoms with van der Waals surface area (Å²) in [5.41, 5.74) is 0. The van der Waals surface area contributed by atoms with Gasteiger partial charge in [-0.3, -0.25) is 37.3 Å². The Morgan fingerprint density at radius 1 is 0.329 bits per heavy atom. The standard InChI is InChI=1S/C54H104O17P2/c1-5-9-13-17-19-21-22-23-24-25-26-27-29-33-37-41-54(59)71-50(45-65-52(57)39-35-32-28-20-18-14-10-6-2)47-69-73(62,63)67-43-48(55)42-66-72(60,61)68-46-49(70-53(58)40-36-31-16-12-8-4)44-64-51(56)38-34-30-15-11-7-3/h48-50,55H,5-47H2,1-4H3,(H,60,61)(H,62,63)/t48-,49+,50+/m0/s1. The fourth-order valence-corrected chi connectivity index (χ4v) is 9.44. The van der Waals surface area contributed by atoms with Crippen LogP contribution in [-0.4, -0.2) is 96.7 Å². The molecule has 0 saturated carbocycles. The minimum atomic E-state index is -4.93. The van der Waals surface area contributed by atoms with Crippen molar-refractivity contribution in [2.45, 2.75) is 284 Å². The summed E-state index contributed by atoms with van der Waals surface area (Å²) < 4.78 is 67.1. The van der Waals surface area contributed by atoms with Crippen LogP contribution in [0.25, 0.3) is 0 Å². The van der Waals surface area contributed by atoms with Crippen molar-refractivity contribution in [3.05, 3.63) is 0 Å². The minimum absolute atomic E-state index is 0.0989. The molecular weight excluding hydrogens is 983 g/mol. The second-order valence-corrected chi connectivity index (χ2v) is 22.5. The monoisotopic (exact) mass is 1090 g/mol. The van der Waals surface area contributed by atoms with Gasteiger partial charge in [0.1, 0.15) is 19.3 Å². The van der Waals surface area contributed by atoms with Gasteiger partial charge >= 0.3 is 39.5 Å². The van der Waals surface area contributed by atoms with Gasteiger partial charge in [0.05, 0.1) is 26.4 Å². The zero-order valence-corrected chi connectivity index (χ0v) is 47.9. The lowest BCUT2D eigenvalue weighted by Crippen LogP contribution is -2.30. The lowest BCUT2D eigenvalue weighted by atomic mass is 10.0. The number of aliphatic hydroxyl groups excluding tert-OH is 1. The van der Waals surface area contributed by atoms with Gasteiger partial charge in [0.25, 0.3) is 0 Å². The lowest BCUT2D eigenvalue weighted by Gasteiger charge is -2.21. The number of carbonyl (C=O) groups excluding carboxylic acids is 4. The molecule has 0 aliphatic rings. The highest BCUT2D eigenvalue weighted by molar-refractivity contribution is 7.47. The van der Waals surface area contributed by atoms with Crippen LogP contribution in [0.5, 0.6) is 0 Å². The number of phosphoric ester groups is 2. The molecule has 73 heavy (non-hydrogen) atoms. The van der Waals surface area contributed by atoms with Crippen molar-refractivity contribution >= 4 is 39.5 Å². The molecule has 0 saturated heterocycles. The van der Waals surface area contributed by atoms with Crippen LogP contribution in [0.3, 0.4) is 0 Å². The normalized spacial score (nSPS) is 14.5. The van der Waals surface area contributed by atoms with Crippen LogP contribution in [-0.2, 0) is 65.4 Å². The van der Waals surface area contributed by atoms with E-state index in [4.69, 9.17) is 37.0 Å². The molecule has 2 unspecified atom stereocenters. The van der Waals surface area contributed by atoms with Crippen LogP contribution in [0.2, 0.25) is 0 Å². The van der Waals surface area contributed by atoms with Crippen LogP contribution in [0, 0.1) is 0 Å². The number of hydrogen-bond acceptors (Lipinski definition) is 15. The van der Waals surface area contributed by atoms with Gasteiger partial charge in [-0.15, -0.1) is 0 Å². The van der Waals surface area contributed by atoms with E-state index in [2.05, 4.69) is 27.7 Å². The number of ether oxygens (including phenoxy) is 4. The van der Waals surface area contributed by atoms with E-state index in [0.717, 1.165) is 103 Å². The molecular formula is C54H104O17P2. The Labute approximate surface area is 441 Å². The van der Waals surface area contributed by atoms with Gasteiger partial charge in [0.2, 0.25) is 0 Å². The van der Waals surface area contributed by atoms with E-state index >= 15 is 0 Å². The zero-order valence-electron chi connectivity index (χ0n) is 46.1. The Hall–Kier alpha value is -1.94.